The summed E-state index contributed by atoms with van der Waals surface area (Å²) in [6.45, 7) is 5.71. The van der Waals surface area contributed by atoms with E-state index >= 15 is 0 Å². The van der Waals surface area contributed by atoms with Crippen LogP contribution in [0.3, 0.4) is 0 Å². The van der Waals surface area contributed by atoms with Gasteiger partial charge in [0.15, 0.2) is 5.65 Å². The smallest absolute Gasteiger partial charge is 0.180 e. The molecule has 1 unspecified atom stereocenters. The molecule has 0 aliphatic carbocycles. The van der Waals surface area contributed by atoms with Crippen molar-refractivity contribution in [2.45, 2.75) is 25.8 Å². The van der Waals surface area contributed by atoms with E-state index in [1.54, 1.807) is 12.4 Å². The number of hydrogen-bond donors (Lipinski definition) is 1. The van der Waals surface area contributed by atoms with E-state index in [9.17, 15) is 0 Å². The summed E-state index contributed by atoms with van der Waals surface area (Å²) >= 11 is 0. The molecule has 1 atom stereocenters. The monoisotopic (exact) mass is 257 g/mol. The van der Waals surface area contributed by atoms with Crippen molar-refractivity contribution in [3.8, 4) is 0 Å². The lowest BCUT2D eigenvalue weighted by Crippen LogP contribution is -2.33. The summed E-state index contributed by atoms with van der Waals surface area (Å²) in [6.07, 6.45) is 6.02. The first-order chi connectivity index (χ1) is 9.31. The molecule has 1 aliphatic heterocycles. The molecule has 2 aromatic rings. The van der Waals surface area contributed by atoms with Crippen molar-refractivity contribution in [3.63, 3.8) is 0 Å². The van der Waals surface area contributed by atoms with Crippen molar-refractivity contribution >= 4 is 17.0 Å². The summed E-state index contributed by atoms with van der Waals surface area (Å²) < 4.78 is 0. The minimum absolute atomic E-state index is 0.389. The van der Waals surface area contributed by atoms with Crippen molar-refractivity contribution in [1.82, 2.24) is 19.9 Å². The van der Waals surface area contributed by atoms with Crippen molar-refractivity contribution < 1.29 is 0 Å². The van der Waals surface area contributed by atoms with E-state index in [4.69, 9.17) is 0 Å². The third-order valence-corrected chi connectivity index (χ3v) is 3.46. The molecule has 3 heterocycles. The van der Waals surface area contributed by atoms with Gasteiger partial charge in [-0.25, -0.2) is 9.97 Å². The van der Waals surface area contributed by atoms with Gasteiger partial charge in [-0.3, -0.25) is 4.98 Å². The number of hydrogen-bond acceptors (Lipinski definition) is 5. The number of pyridine rings is 1. The molecule has 2 aromatic heterocycles. The molecule has 5 nitrogen and oxygen atoms in total. The SMILES string of the molecule is CC(CN1CCCC1)Nc1ccc2nccnc2n1. The number of nitrogens with one attached hydrogen (secondary N) is 1. The highest BCUT2D eigenvalue weighted by atomic mass is 15.2. The van der Waals surface area contributed by atoms with Crippen LogP contribution in [-0.4, -0.2) is 45.5 Å². The van der Waals surface area contributed by atoms with Crippen molar-refractivity contribution in [2.75, 3.05) is 25.0 Å². The highest BCUT2D eigenvalue weighted by Crippen LogP contribution is 2.13. The fourth-order valence-electron chi connectivity index (χ4n) is 2.59. The molecular formula is C14H19N5. The molecule has 3 rings (SSSR count). The van der Waals surface area contributed by atoms with Gasteiger partial charge in [0.05, 0.1) is 0 Å². The highest BCUT2D eigenvalue weighted by Gasteiger charge is 2.14. The first-order valence-corrected chi connectivity index (χ1v) is 6.88. The standard InChI is InChI=1S/C14H19N5/c1-11(10-19-8-2-3-9-19)17-13-5-4-12-14(18-13)16-7-6-15-12/h4-7,11H,2-3,8-10H2,1H3,(H,16,17,18). The number of aromatic nitrogens is 3. The average Bonchev–Trinajstić information content (AvgIpc) is 2.91. The molecule has 0 spiro atoms. The molecule has 0 aromatic carbocycles. The van der Waals surface area contributed by atoms with Gasteiger partial charge in [0.1, 0.15) is 11.3 Å². The van der Waals surface area contributed by atoms with Gasteiger partial charge in [-0.05, 0) is 45.0 Å². The molecule has 100 valence electrons. The van der Waals surface area contributed by atoms with Gasteiger partial charge in [0, 0.05) is 25.0 Å². The van der Waals surface area contributed by atoms with Crippen LogP contribution >= 0.6 is 0 Å². The van der Waals surface area contributed by atoms with Gasteiger partial charge in [-0.1, -0.05) is 0 Å². The molecule has 1 fully saturated rings. The maximum Gasteiger partial charge on any atom is 0.180 e. The maximum atomic E-state index is 4.49. The van der Waals surface area contributed by atoms with Crippen LogP contribution in [0.15, 0.2) is 24.5 Å². The minimum atomic E-state index is 0.389. The Morgan fingerprint density at radius 1 is 1.21 bits per heavy atom. The first-order valence-electron chi connectivity index (χ1n) is 6.88. The van der Waals surface area contributed by atoms with Crippen LogP contribution < -0.4 is 5.32 Å². The van der Waals surface area contributed by atoms with Crippen molar-refractivity contribution in [2.24, 2.45) is 0 Å². The Balaban J connectivity index is 1.66. The summed E-state index contributed by atoms with van der Waals surface area (Å²) in [7, 11) is 0. The van der Waals surface area contributed by atoms with E-state index in [0.717, 1.165) is 17.9 Å². The van der Waals surface area contributed by atoms with Gasteiger partial charge in [-0.2, -0.15) is 0 Å². The lowest BCUT2D eigenvalue weighted by Gasteiger charge is -2.21. The maximum absolute atomic E-state index is 4.49. The number of anilines is 1. The Morgan fingerprint density at radius 2 is 2.00 bits per heavy atom. The van der Waals surface area contributed by atoms with Crippen LogP contribution in [0.1, 0.15) is 19.8 Å². The summed E-state index contributed by atoms with van der Waals surface area (Å²) in [5, 5.41) is 3.44. The molecule has 0 saturated carbocycles. The average molecular weight is 257 g/mol. The molecule has 1 N–H and O–H groups in total. The molecule has 5 heteroatoms. The van der Waals surface area contributed by atoms with Gasteiger partial charge in [0.2, 0.25) is 0 Å². The molecule has 0 bridgehead atoms. The molecule has 0 radical (unpaired) electrons. The summed E-state index contributed by atoms with van der Waals surface area (Å²) in [4.78, 5) is 15.4. The lowest BCUT2D eigenvalue weighted by molar-refractivity contribution is 0.327. The zero-order valence-electron chi connectivity index (χ0n) is 11.2. The Kier molecular flexibility index (Phi) is 3.55. The number of rotatable bonds is 4. The van der Waals surface area contributed by atoms with E-state index in [0.29, 0.717) is 11.7 Å². The number of nitrogens with zero attached hydrogens (tertiary/aromatic N) is 4. The zero-order valence-corrected chi connectivity index (χ0v) is 11.2. The van der Waals surface area contributed by atoms with Crippen LogP contribution in [-0.2, 0) is 0 Å². The van der Waals surface area contributed by atoms with E-state index in [-0.39, 0.29) is 0 Å². The Labute approximate surface area is 113 Å². The Hall–Kier alpha value is -1.75. The largest absolute Gasteiger partial charge is 0.366 e. The van der Waals surface area contributed by atoms with Crippen LogP contribution in [0.2, 0.25) is 0 Å². The second-order valence-corrected chi connectivity index (χ2v) is 5.15. The van der Waals surface area contributed by atoms with Gasteiger partial charge >= 0.3 is 0 Å². The van der Waals surface area contributed by atoms with E-state index in [1.807, 2.05) is 12.1 Å². The summed E-state index contributed by atoms with van der Waals surface area (Å²) in [5.41, 5.74) is 1.53. The first kappa shape index (κ1) is 12.3. The topological polar surface area (TPSA) is 53.9 Å². The molecule has 0 amide bonds. The van der Waals surface area contributed by atoms with Gasteiger partial charge < -0.3 is 10.2 Å². The molecule has 1 aliphatic rings. The van der Waals surface area contributed by atoms with Crippen LogP contribution in [0.25, 0.3) is 11.2 Å². The van der Waals surface area contributed by atoms with E-state index in [2.05, 4.69) is 32.1 Å². The predicted octanol–water partition coefficient (Wildman–Crippen LogP) is 1.92. The van der Waals surface area contributed by atoms with E-state index < -0.39 is 0 Å². The zero-order chi connectivity index (χ0) is 13.1. The summed E-state index contributed by atoms with van der Waals surface area (Å²) in [6, 6.07) is 4.32. The minimum Gasteiger partial charge on any atom is -0.366 e. The third-order valence-electron chi connectivity index (χ3n) is 3.46. The molecular weight excluding hydrogens is 238 g/mol. The number of likely N-dealkylation sites (tertiary alicyclic amines) is 1. The van der Waals surface area contributed by atoms with Crippen LogP contribution in [0, 0.1) is 0 Å². The van der Waals surface area contributed by atoms with Crippen molar-refractivity contribution in [3.05, 3.63) is 24.5 Å². The second-order valence-electron chi connectivity index (χ2n) is 5.15. The summed E-state index contributed by atoms with van der Waals surface area (Å²) in [5.74, 6) is 0.875. The second kappa shape index (κ2) is 5.48. The van der Waals surface area contributed by atoms with Gasteiger partial charge in [-0.15, -0.1) is 0 Å². The lowest BCUT2D eigenvalue weighted by atomic mass is 10.3. The van der Waals surface area contributed by atoms with Gasteiger partial charge in [0.25, 0.3) is 0 Å². The Bertz CT molecular complexity index is 550. The normalized spacial score (nSPS) is 17.7. The number of fused-ring (bicyclic) bond motifs is 1. The predicted molar refractivity (Wildman–Crippen MR) is 76.1 cm³/mol. The molecule has 1 saturated heterocycles. The fourth-order valence-corrected chi connectivity index (χ4v) is 2.59. The highest BCUT2D eigenvalue weighted by molar-refractivity contribution is 5.71. The van der Waals surface area contributed by atoms with Crippen LogP contribution in [0.4, 0.5) is 5.82 Å². The molecule has 19 heavy (non-hydrogen) atoms. The van der Waals surface area contributed by atoms with E-state index in [1.165, 1.54) is 25.9 Å². The van der Waals surface area contributed by atoms with Crippen molar-refractivity contribution in [1.29, 1.82) is 0 Å². The van der Waals surface area contributed by atoms with Crippen LogP contribution in [0.5, 0.6) is 0 Å². The fraction of sp³-hybridized carbons (Fsp3) is 0.500. The quantitative estimate of drug-likeness (QED) is 0.907. The Morgan fingerprint density at radius 3 is 2.84 bits per heavy atom. The third kappa shape index (κ3) is 2.98.